The highest BCUT2D eigenvalue weighted by molar-refractivity contribution is 6.06. The Labute approximate surface area is 153 Å². The van der Waals surface area contributed by atoms with Gasteiger partial charge in [0.25, 0.3) is 0 Å². The second-order valence-corrected chi connectivity index (χ2v) is 5.48. The van der Waals surface area contributed by atoms with Crippen molar-refractivity contribution in [1.29, 1.82) is 0 Å². The number of carbonyl (C=O) groups excluding carboxylic acids is 1. The summed E-state index contributed by atoms with van der Waals surface area (Å²) in [5.41, 5.74) is 0.611. The number of rotatable bonds is 6. The highest BCUT2D eigenvalue weighted by atomic mass is 19.1. The molecule has 0 fully saturated rings. The number of halogens is 1. The average molecular weight is 364 g/mol. The molecule has 0 spiro atoms. The van der Waals surface area contributed by atoms with Crippen LogP contribution in [-0.2, 0) is 0 Å². The van der Waals surface area contributed by atoms with Crippen molar-refractivity contribution in [2.24, 2.45) is 0 Å². The van der Waals surface area contributed by atoms with Gasteiger partial charge in [0.1, 0.15) is 11.6 Å². The minimum Gasteiger partial charge on any atom is -0.450 e. The van der Waals surface area contributed by atoms with Crippen molar-refractivity contribution < 1.29 is 18.8 Å². The van der Waals surface area contributed by atoms with Gasteiger partial charge in [-0.1, -0.05) is 12.1 Å². The number of hydrogen-bond acceptors (Lipinski definition) is 5. The van der Waals surface area contributed by atoms with Crippen LogP contribution in [0.1, 0.15) is 15.9 Å². The lowest BCUT2D eigenvalue weighted by atomic mass is 10.1. The van der Waals surface area contributed by atoms with Crippen LogP contribution in [-0.4, -0.2) is 15.7 Å². The predicted molar refractivity (Wildman–Crippen MR) is 97.2 cm³/mol. The van der Waals surface area contributed by atoms with E-state index in [9.17, 15) is 19.3 Å². The standard InChI is InChI=1S/C20H13FN2O4/c21-16-5-7-17(8-6-16)27-20-10-4-14(12-18(20)23(25)26)3-9-19(24)15-2-1-11-22-13-15/h1-13H. The molecule has 0 bridgehead atoms. The highest BCUT2D eigenvalue weighted by Gasteiger charge is 2.16. The lowest BCUT2D eigenvalue weighted by molar-refractivity contribution is -0.385. The second kappa shape index (κ2) is 8.01. The summed E-state index contributed by atoms with van der Waals surface area (Å²) >= 11 is 0. The van der Waals surface area contributed by atoms with E-state index in [1.54, 1.807) is 24.4 Å². The molecule has 3 aromatic rings. The quantitative estimate of drug-likeness (QED) is 0.271. The van der Waals surface area contributed by atoms with E-state index in [0.717, 1.165) is 0 Å². The fourth-order valence-corrected chi connectivity index (χ4v) is 2.27. The zero-order valence-electron chi connectivity index (χ0n) is 13.9. The van der Waals surface area contributed by atoms with Gasteiger partial charge in [0.2, 0.25) is 5.75 Å². The summed E-state index contributed by atoms with van der Waals surface area (Å²) in [7, 11) is 0. The Hall–Kier alpha value is -3.87. The Balaban J connectivity index is 1.83. The van der Waals surface area contributed by atoms with Crippen LogP contribution in [0.25, 0.3) is 6.08 Å². The molecule has 7 heteroatoms. The van der Waals surface area contributed by atoms with E-state index in [4.69, 9.17) is 4.74 Å². The number of nitrogens with zero attached hydrogens (tertiary/aromatic N) is 2. The second-order valence-electron chi connectivity index (χ2n) is 5.48. The Kier molecular flexibility index (Phi) is 5.32. The van der Waals surface area contributed by atoms with E-state index < -0.39 is 10.7 Å². The van der Waals surface area contributed by atoms with Crippen molar-refractivity contribution in [2.45, 2.75) is 0 Å². The molecule has 0 saturated heterocycles. The maximum Gasteiger partial charge on any atom is 0.312 e. The molecular weight excluding hydrogens is 351 g/mol. The Morgan fingerprint density at radius 2 is 1.93 bits per heavy atom. The molecule has 27 heavy (non-hydrogen) atoms. The van der Waals surface area contributed by atoms with E-state index in [2.05, 4.69) is 4.98 Å². The number of ether oxygens (including phenoxy) is 1. The highest BCUT2D eigenvalue weighted by Crippen LogP contribution is 2.32. The Bertz CT molecular complexity index is 1000. The van der Waals surface area contributed by atoms with Crippen LogP contribution < -0.4 is 4.74 Å². The SMILES string of the molecule is O=C(C=Cc1ccc(Oc2ccc(F)cc2)c([N+](=O)[O-])c1)c1cccnc1. The average Bonchev–Trinajstić information content (AvgIpc) is 2.69. The summed E-state index contributed by atoms with van der Waals surface area (Å²) in [5.74, 6) is -0.412. The molecule has 134 valence electrons. The number of aromatic nitrogens is 1. The summed E-state index contributed by atoms with van der Waals surface area (Å²) in [4.78, 5) is 26.7. The zero-order valence-corrected chi connectivity index (χ0v) is 13.9. The molecule has 0 saturated carbocycles. The van der Waals surface area contributed by atoms with Crippen molar-refractivity contribution in [2.75, 3.05) is 0 Å². The molecule has 0 N–H and O–H groups in total. The van der Waals surface area contributed by atoms with Gasteiger partial charge in [0.15, 0.2) is 5.78 Å². The molecule has 1 aromatic heterocycles. The van der Waals surface area contributed by atoms with Crippen LogP contribution in [0, 0.1) is 15.9 Å². The summed E-state index contributed by atoms with van der Waals surface area (Å²) in [6, 6.07) is 12.7. The first-order chi connectivity index (χ1) is 13.0. The molecule has 0 aliphatic carbocycles. The van der Waals surface area contributed by atoms with Crippen molar-refractivity contribution in [3.05, 3.63) is 100 Å². The molecule has 0 amide bonds. The summed E-state index contributed by atoms with van der Waals surface area (Å²) < 4.78 is 18.4. The topological polar surface area (TPSA) is 82.3 Å². The first-order valence-electron chi connectivity index (χ1n) is 7.87. The number of ketones is 1. The number of nitro groups is 1. The van der Waals surface area contributed by atoms with Crippen LogP contribution in [0.3, 0.4) is 0 Å². The maximum atomic E-state index is 13.0. The van der Waals surface area contributed by atoms with Crippen LogP contribution in [0.4, 0.5) is 10.1 Å². The third-order valence-corrected chi connectivity index (χ3v) is 3.59. The van der Waals surface area contributed by atoms with Gasteiger partial charge in [-0.3, -0.25) is 19.9 Å². The summed E-state index contributed by atoms with van der Waals surface area (Å²) in [6.45, 7) is 0. The molecule has 0 aliphatic heterocycles. The van der Waals surface area contributed by atoms with Gasteiger partial charge in [0.05, 0.1) is 4.92 Å². The van der Waals surface area contributed by atoms with E-state index in [1.165, 1.54) is 54.7 Å². The molecule has 0 radical (unpaired) electrons. The van der Waals surface area contributed by atoms with Crippen molar-refractivity contribution in [1.82, 2.24) is 4.98 Å². The molecule has 2 aromatic carbocycles. The van der Waals surface area contributed by atoms with Gasteiger partial charge in [-0.05, 0) is 54.1 Å². The van der Waals surface area contributed by atoms with Crippen LogP contribution in [0.15, 0.2) is 73.1 Å². The Morgan fingerprint density at radius 1 is 1.15 bits per heavy atom. The summed E-state index contributed by atoms with van der Waals surface area (Å²) in [5, 5.41) is 11.3. The minimum absolute atomic E-state index is 0.0161. The molecule has 1 heterocycles. The number of nitro benzene ring substituents is 1. The Morgan fingerprint density at radius 3 is 2.59 bits per heavy atom. The number of benzene rings is 2. The third kappa shape index (κ3) is 4.60. The fourth-order valence-electron chi connectivity index (χ4n) is 2.27. The van der Waals surface area contributed by atoms with E-state index in [0.29, 0.717) is 11.1 Å². The molecular formula is C20H13FN2O4. The minimum atomic E-state index is -0.584. The van der Waals surface area contributed by atoms with Gasteiger partial charge < -0.3 is 4.74 Å². The monoisotopic (exact) mass is 364 g/mol. The normalized spacial score (nSPS) is 10.7. The van der Waals surface area contributed by atoms with Crippen LogP contribution in [0.2, 0.25) is 0 Å². The summed E-state index contributed by atoms with van der Waals surface area (Å²) in [6.07, 6.45) is 5.79. The lowest BCUT2D eigenvalue weighted by Crippen LogP contribution is -1.95. The van der Waals surface area contributed by atoms with E-state index in [-0.39, 0.29) is 23.0 Å². The van der Waals surface area contributed by atoms with Gasteiger partial charge >= 0.3 is 5.69 Å². The van der Waals surface area contributed by atoms with Gasteiger partial charge in [-0.25, -0.2) is 4.39 Å². The number of allylic oxidation sites excluding steroid dienone is 1. The smallest absolute Gasteiger partial charge is 0.312 e. The van der Waals surface area contributed by atoms with Gasteiger partial charge in [-0.2, -0.15) is 0 Å². The molecule has 0 unspecified atom stereocenters. The van der Waals surface area contributed by atoms with Crippen LogP contribution in [0.5, 0.6) is 11.5 Å². The van der Waals surface area contributed by atoms with Crippen molar-refractivity contribution in [3.63, 3.8) is 0 Å². The molecule has 6 nitrogen and oxygen atoms in total. The zero-order chi connectivity index (χ0) is 19.2. The molecule has 3 rings (SSSR count). The van der Waals surface area contributed by atoms with E-state index >= 15 is 0 Å². The maximum absolute atomic E-state index is 13.0. The number of hydrogen-bond donors (Lipinski definition) is 0. The van der Waals surface area contributed by atoms with Crippen molar-refractivity contribution >= 4 is 17.5 Å². The fraction of sp³-hybridized carbons (Fsp3) is 0. The van der Waals surface area contributed by atoms with Crippen LogP contribution >= 0.6 is 0 Å². The number of pyridine rings is 1. The predicted octanol–water partition coefficient (Wildman–Crippen LogP) is 4.82. The molecule has 0 atom stereocenters. The van der Waals surface area contributed by atoms with Crippen molar-refractivity contribution in [3.8, 4) is 11.5 Å². The number of carbonyl (C=O) groups is 1. The third-order valence-electron chi connectivity index (χ3n) is 3.59. The first-order valence-corrected chi connectivity index (χ1v) is 7.87. The largest absolute Gasteiger partial charge is 0.450 e. The first kappa shape index (κ1) is 17.9. The van der Waals surface area contributed by atoms with Gasteiger partial charge in [0, 0.05) is 24.0 Å². The molecule has 0 aliphatic rings. The van der Waals surface area contributed by atoms with Gasteiger partial charge in [-0.15, -0.1) is 0 Å². The lowest BCUT2D eigenvalue weighted by Gasteiger charge is -2.07. The van der Waals surface area contributed by atoms with E-state index in [1.807, 2.05) is 0 Å².